The fraction of sp³-hybridized carbons (Fsp3) is 0.250. The van der Waals surface area contributed by atoms with Crippen molar-refractivity contribution in [1.29, 1.82) is 0 Å². The highest BCUT2D eigenvalue weighted by atomic mass is 79.9. The Morgan fingerprint density at radius 2 is 2.25 bits per heavy atom. The van der Waals surface area contributed by atoms with E-state index in [2.05, 4.69) is 15.9 Å². The van der Waals surface area contributed by atoms with Crippen LogP contribution in [0.25, 0.3) is 6.08 Å². The maximum Gasteiger partial charge on any atom is 0.309 e. The summed E-state index contributed by atoms with van der Waals surface area (Å²) < 4.78 is 18.4. The summed E-state index contributed by atoms with van der Waals surface area (Å²) >= 11 is 3.19. The van der Waals surface area contributed by atoms with Gasteiger partial charge < -0.3 is 4.74 Å². The van der Waals surface area contributed by atoms with Crippen LogP contribution in [0.3, 0.4) is 0 Å². The first-order chi connectivity index (χ1) is 7.61. The lowest BCUT2D eigenvalue weighted by molar-refractivity contribution is -0.142. The number of ether oxygens (including phenoxy) is 1. The fourth-order valence-corrected chi connectivity index (χ4v) is 1.67. The molecule has 0 heterocycles. The summed E-state index contributed by atoms with van der Waals surface area (Å²) in [6.45, 7) is 2.13. The fourth-order valence-electron chi connectivity index (χ4n) is 1.18. The number of esters is 1. The van der Waals surface area contributed by atoms with Crippen LogP contribution in [0.15, 0.2) is 28.7 Å². The van der Waals surface area contributed by atoms with Crippen LogP contribution in [-0.4, -0.2) is 12.6 Å². The second-order valence-electron chi connectivity index (χ2n) is 3.11. The second kappa shape index (κ2) is 6.43. The van der Waals surface area contributed by atoms with Gasteiger partial charge in [-0.2, -0.15) is 0 Å². The van der Waals surface area contributed by atoms with E-state index < -0.39 is 0 Å². The third-order valence-electron chi connectivity index (χ3n) is 1.79. The maximum atomic E-state index is 13.0. The van der Waals surface area contributed by atoms with Gasteiger partial charge in [0.2, 0.25) is 0 Å². The zero-order valence-electron chi connectivity index (χ0n) is 8.87. The van der Waals surface area contributed by atoms with Crippen molar-refractivity contribution in [2.45, 2.75) is 13.3 Å². The molecule has 0 saturated heterocycles. The molecule has 0 saturated carbocycles. The Morgan fingerprint density at radius 3 is 2.88 bits per heavy atom. The van der Waals surface area contributed by atoms with Crippen molar-refractivity contribution >= 4 is 28.0 Å². The van der Waals surface area contributed by atoms with Crippen LogP contribution in [0.4, 0.5) is 4.39 Å². The minimum atomic E-state index is -0.315. The normalized spacial score (nSPS) is 10.7. The SMILES string of the molecule is CCOC(=O)CC=Cc1cc(F)cc(Br)c1. The molecule has 0 N–H and O–H groups in total. The molecule has 0 aliphatic rings. The predicted molar refractivity (Wildman–Crippen MR) is 64.4 cm³/mol. The summed E-state index contributed by atoms with van der Waals surface area (Å²) in [5.41, 5.74) is 0.705. The molecule has 0 bridgehead atoms. The van der Waals surface area contributed by atoms with Crippen molar-refractivity contribution in [3.8, 4) is 0 Å². The zero-order valence-corrected chi connectivity index (χ0v) is 10.5. The van der Waals surface area contributed by atoms with Crippen LogP contribution in [0.2, 0.25) is 0 Å². The number of hydrogen-bond acceptors (Lipinski definition) is 2. The van der Waals surface area contributed by atoms with Crippen LogP contribution >= 0.6 is 15.9 Å². The largest absolute Gasteiger partial charge is 0.466 e. The van der Waals surface area contributed by atoms with Crippen molar-refractivity contribution < 1.29 is 13.9 Å². The minimum absolute atomic E-state index is 0.196. The Labute approximate surface area is 102 Å². The van der Waals surface area contributed by atoms with Gasteiger partial charge in [-0.15, -0.1) is 0 Å². The van der Waals surface area contributed by atoms with E-state index >= 15 is 0 Å². The van der Waals surface area contributed by atoms with Gasteiger partial charge in [-0.05, 0) is 30.7 Å². The molecule has 0 unspecified atom stereocenters. The molecule has 1 rings (SSSR count). The Bertz CT molecular complexity index is 382. The minimum Gasteiger partial charge on any atom is -0.466 e. The first-order valence-electron chi connectivity index (χ1n) is 4.90. The molecule has 4 heteroatoms. The molecule has 16 heavy (non-hydrogen) atoms. The van der Waals surface area contributed by atoms with Crippen LogP contribution in [-0.2, 0) is 9.53 Å². The van der Waals surface area contributed by atoms with Gasteiger partial charge in [0.25, 0.3) is 0 Å². The Hall–Kier alpha value is -1.16. The molecule has 0 aliphatic heterocycles. The van der Waals surface area contributed by atoms with Crippen molar-refractivity contribution in [2.75, 3.05) is 6.61 Å². The van der Waals surface area contributed by atoms with Gasteiger partial charge in [-0.3, -0.25) is 4.79 Å². The predicted octanol–water partition coefficient (Wildman–Crippen LogP) is 3.55. The van der Waals surface area contributed by atoms with E-state index in [4.69, 9.17) is 4.74 Å². The molecule has 0 atom stereocenters. The summed E-state index contributed by atoms with van der Waals surface area (Å²) in [4.78, 5) is 11.0. The van der Waals surface area contributed by atoms with Gasteiger partial charge in [0.05, 0.1) is 13.0 Å². The molecule has 2 nitrogen and oxygen atoms in total. The van der Waals surface area contributed by atoms with Gasteiger partial charge in [0.1, 0.15) is 5.82 Å². The standard InChI is InChI=1S/C12H12BrFO2/c1-2-16-12(15)5-3-4-9-6-10(13)8-11(14)7-9/h3-4,6-8H,2,5H2,1H3. The highest BCUT2D eigenvalue weighted by molar-refractivity contribution is 9.10. The third kappa shape index (κ3) is 4.57. The lowest BCUT2D eigenvalue weighted by Gasteiger charge is -1.98. The molecule has 0 spiro atoms. The molecule has 0 fully saturated rings. The number of carbonyl (C=O) groups is 1. The number of rotatable bonds is 4. The Kier molecular flexibility index (Phi) is 5.19. The molecule has 0 aliphatic carbocycles. The van der Waals surface area contributed by atoms with E-state index in [1.807, 2.05) is 0 Å². The molecule has 86 valence electrons. The summed E-state index contributed by atoms with van der Waals surface area (Å²) in [5.74, 6) is -0.598. The smallest absolute Gasteiger partial charge is 0.309 e. The van der Waals surface area contributed by atoms with Gasteiger partial charge in [-0.1, -0.05) is 28.1 Å². The lowest BCUT2D eigenvalue weighted by atomic mass is 10.2. The summed E-state index contributed by atoms with van der Waals surface area (Å²) in [6.07, 6.45) is 3.53. The molecular formula is C12H12BrFO2. The van der Waals surface area contributed by atoms with E-state index in [-0.39, 0.29) is 18.2 Å². The van der Waals surface area contributed by atoms with Gasteiger partial charge in [0.15, 0.2) is 0 Å². The molecule has 0 radical (unpaired) electrons. The maximum absolute atomic E-state index is 13.0. The second-order valence-corrected chi connectivity index (χ2v) is 4.03. The van der Waals surface area contributed by atoms with E-state index in [0.717, 1.165) is 0 Å². The summed E-state index contributed by atoms with van der Waals surface area (Å²) in [5, 5.41) is 0. The topological polar surface area (TPSA) is 26.3 Å². The number of halogens is 2. The van der Waals surface area contributed by atoms with Crippen LogP contribution in [0, 0.1) is 5.82 Å². The van der Waals surface area contributed by atoms with E-state index in [0.29, 0.717) is 16.6 Å². The molecule has 1 aromatic rings. The Morgan fingerprint density at radius 1 is 1.50 bits per heavy atom. The number of carbonyl (C=O) groups excluding carboxylic acids is 1. The van der Waals surface area contributed by atoms with Gasteiger partial charge in [0, 0.05) is 4.47 Å². The highest BCUT2D eigenvalue weighted by Gasteiger charge is 1.98. The lowest BCUT2D eigenvalue weighted by Crippen LogP contribution is -2.01. The molecule has 0 aromatic heterocycles. The van der Waals surface area contributed by atoms with E-state index in [1.165, 1.54) is 12.1 Å². The third-order valence-corrected chi connectivity index (χ3v) is 2.24. The monoisotopic (exact) mass is 286 g/mol. The highest BCUT2D eigenvalue weighted by Crippen LogP contribution is 2.16. The van der Waals surface area contributed by atoms with Gasteiger partial charge >= 0.3 is 5.97 Å². The molecular weight excluding hydrogens is 275 g/mol. The zero-order chi connectivity index (χ0) is 12.0. The average molecular weight is 287 g/mol. The molecule has 0 amide bonds. The van der Waals surface area contributed by atoms with Gasteiger partial charge in [-0.25, -0.2) is 4.39 Å². The average Bonchev–Trinajstić information content (AvgIpc) is 2.16. The number of benzene rings is 1. The van der Waals surface area contributed by atoms with E-state index in [1.54, 1.807) is 25.1 Å². The van der Waals surface area contributed by atoms with Crippen molar-refractivity contribution in [3.63, 3.8) is 0 Å². The van der Waals surface area contributed by atoms with Crippen LogP contribution < -0.4 is 0 Å². The van der Waals surface area contributed by atoms with Crippen LogP contribution in [0.5, 0.6) is 0 Å². The Balaban J connectivity index is 2.59. The summed E-state index contributed by atoms with van der Waals surface area (Å²) in [7, 11) is 0. The first kappa shape index (κ1) is 12.9. The number of hydrogen-bond donors (Lipinski definition) is 0. The first-order valence-corrected chi connectivity index (χ1v) is 5.69. The summed E-state index contributed by atoms with van der Waals surface area (Å²) in [6, 6.07) is 4.54. The van der Waals surface area contributed by atoms with E-state index in [9.17, 15) is 9.18 Å². The van der Waals surface area contributed by atoms with Crippen molar-refractivity contribution in [1.82, 2.24) is 0 Å². The quantitative estimate of drug-likeness (QED) is 0.791. The van der Waals surface area contributed by atoms with Crippen molar-refractivity contribution in [3.05, 3.63) is 40.1 Å². The van der Waals surface area contributed by atoms with Crippen LogP contribution in [0.1, 0.15) is 18.9 Å². The molecule has 1 aromatic carbocycles. The van der Waals surface area contributed by atoms with Crippen molar-refractivity contribution in [2.24, 2.45) is 0 Å².